The molecule has 0 aromatic heterocycles. The number of carbonyl (C=O) groups is 1. The van der Waals surface area contributed by atoms with Gasteiger partial charge < -0.3 is 19.7 Å². The lowest BCUT2D eigenvalue weighted by Gasteiger charge is -2.27. The van der Waals surface area contributed by atoms with E-state index in [0.717, 1.165) is 37.3 Å². The lowest BCUT2D eigenvalue weighted by atomic mass is 10.0. The lowest BCUT2D eigenvalue weighted by molar-refractivity contribution is -0.932. The molecule has 22 heavy (non-hydrogen) atoms. The summed E-state index contributed by atoms with van der Waals surface area (Å²) in [5, 5.41) is 2.77. The van der Waals surface area contributed by atoms with Crippen molar-refractivity contribution in [2.45, 2.75) is 38.3 Å². The maximum Gasteiger partial charge on any atom is 0.277 e. The third-order valence-electron chi connectivity index (χ3n) is 4.78. The van der Waals surface area contributed by atoms with Crippen LogP contribution in [0.15, 0.2) is 18.2 Å². The Balaban J connectivity index is 1.83. The highest BCUT2D eigenvalue weighted by Gasteiger charge is 2.37. The van der Waals surface area contributed by atoms with Gasteiger partial charge >= 0.3 is 0 Å². The molecule has 1 fully saturated rings. The number of hydrogen-bond donors (Lipinski definition) is 2. The number of fused-ring (bicyclic) bond motifs is 1. The van der Waals surface area contributed by atoms with Crippen molar-refractivity contribution in [1.82, 2.24) is 5.32 Å². The number of rotatable bonds is 3. The molecule has 0 saturated carbocycles. The van der Waals surface area contributed by atoms with Gasteiger partial charge in [-0.3, -0.25) is 4.79 Å². The summed E-state index contributed by atoms with van der Waals surface area (Å²) in [6, 6.07) is 6.56. The zero-order valence-electron chi connectivity index (χ0n) is 13.4. The summed E-state index contributed by atoms with van der Waals surface area (Å²) in [5.41, 5.74) is 1.24. The van der Waals surface area contributed by atoms with E-state index in [2.05, 4.69) is 17.4 Å². The molecule has 0 radical (unpaired) electrons. The Hall–Kier alpha value is -1.75. The largest absolute Gasteiger partial charge is 0.490 e. The van der Waals surface area contributed by atoms with Crippen molar-refractivity contribution in [3.63, 3.8) is 0 Å². The van der Waals surface area contributed by atoms with Gasteiger partial charge in [-0.25, -0.2) is 0 Å². The van der Waals surface area contributed by atoms with Gasteiger partial charge in [-0.15, -0.1) is 0 Å². The summed E-state index contributed by atoms with van der Waals surface area (Å²) in [5.74, 6) is 1.78. The first-order valence-electron chi connectivity index (χ1n) is 8.17. The second-order valence-corrected chi connectivity index (χ2v) is 6.11. The number of benzene rings is 1. The number of nitrogens with one attached hydrogen (secondary N) is 2. The van der Waals surface area contributed by atoms with Crippen LogP contribution in [0.5, 0.6) is 11.5 Å². The van der Waals surface area contributed by atoms with Crippen LogP contribution < -0.4 is 19.7 Å². The van der Waals surface area contributed by atoms with Gasteiger partial charge in [-0.05, 0) is 25.1 Å². The predicted octanol–water partition coefficient (Wildman–Crippen LogP) is 0.702. The summed E-state index contributed by atoms with van der Waals surface area (Å²) >= 11 is 0. The molecule has 3 rings (SSSR count). The van der Waals surface area contributed by atoms with Crippen molar-refractivity contribution in [2.24, 2.45) is 0 Å². The normalized spacial score (nSPS) is 25.4. The average Bonchev–Trinajstić information content (AvgIpc) is 2.91. The standard InChI is InChI=1S/C17H24N2O3/c1-12(17(20)18-2)19-8-3-5-14(19)13-6-7-15-16(11-13)22-10-4-9-21-15/h6-7,11-12,14H,3-5,8-10H2,1-2H3,(H,18,20)/p+1/t12-,14-/m1/s1. The minimum atomic E-state index is -0.0338. The molecule has 2 N–H and O–H groups in total. The zero-order valence-corrected chi connectivity index (χ0v) is 13.4. The number of likely N-dealkylation sites (tertiary alicyclic amines) is 1. The second kappa shape index (κ2) is 6.57. The van der Waals surface area contributed by atoms with Crippen LogP contribution in [0.4, 0.5) is 0 Å². The molecule has 1 aromatic carbocycles. The Kier molecular flexibility index (Phi) is 4.52. The molecule has 1 aromatic rings. The fourth-order valence-electron chi connectivity index (χ4n) is 3.55. The van der Waals surface area contributed by atoms with E-state index in [1.165, 1.54) is 10.5 Å². The molecule has 1 saturated heterocycles. The molecule has 1 amide bonds. The van der Waals surface area contributed by atoms with E-state index in [-0.39, 0.29) is 11.9 Å². The quantitative estimate of drug-likeness (QED) is 0.864. The predicted molar refractivity (Wildman–Crippen MR) is 83.4 cm³/mol. The molecule has 2 aliphatic rings. The van der Waals surface area contributed by atoms with Crippen LogP contribution in [0.3, 0.4) is 0 Å². The maximum absolute atomic E-state index is 12.0. The first kappa shape index (κ1) is 15.2. The van der Waals surface area contributed by atoms with Crippen LogP contribution in [-0.2, 0) is 4.79 Å². The smallest absolute Gasteiger partial charge is 0.277 e. The van der Waals surface area contributed by atoms with E-state index in [9.17, 15) is 4.79 Å². The molecule has 120 valence electrons. The Morgan fingerprint density at radius 2 is 2.05 bits per heavy atom. The van der Waals surface area contributed by atoms with Crippen LogP contribution >= 0.6 is 0 Å². The van der Waals surface area contributed by atoms with Crippen molar-refractivity contribution < 1.29 is 19.2 Å². The molecular weight excluding hydrogens is 280 g/mol. The third kappa shape index (κ3) is 2.90. The number of likely N-dealkylation sites (N-methyl/N-ethyl adjacent to an activating group) is 1. The summed E-state index contributed by atoms with van der Waals surface area (Å²) in [6.45, 7) is 4.45. The van der Waals surface area contributed by atoms with Crippen molar-refractivity contribution in [1.29, 1.82) is 0 Å². The molecule has 0 bridgehead atoms. The first-order chi connectivity index (χ1) is 10.7. The van der Waals surface area contributed by atoms with E-state index in [1.807, 2.05) is 13.0 Å². The highest BCUT2D eigenvalue weighted by Crippen LogP contribution is 2.33. The Morgan fingerprint density at radius 1 is 1.27 bits per heavy atom. The number of amides is 1. The fourth-order valence-corrected chi connectivity index (χ4v) is 3.55. The van der Waals surface area contributed by atoms with Gasteiger partial charge in [-0.1, -0.05) is 0 Å². The number of carbonyl (C=O) groups excluding carboxylic acids is 1. The summed E-state index contributed by atoms with van der Waals surface area (Å²) in [7, 11) is 1.71. The molecule has 5 nitrogen and oxygen atoms in total. The Labute approximate surface area is 131 Å². The van der Waals surface area contributed by atoms with E-state index in [1.54, 1.807) is 7.05 Å². The topological polar surface area (TPSA) is 52.0 Å². The number of quaternary nitrogens is 1. The van der Waals surface area contributed by atoms with E-state index in [0.29, 0.717) is 19.3 Å². The summed E-state index contributed by atoms with van der Waals surface area (Å²) in [6.07, 6.45) is 3.17. The Bertz CT molecular complexity index is 547. The van der Waals surface area contributed by atoms with Gasteiger partial charge in [0, 0.05) is 31.9 Å². The molecule has 2 heterocycles. The minimum Gasteiger partial charge on any atom is -0.490 e. The van der Waals surface area contributed by atoms with Crippen LogP contribution in [0.2, 0.25) is 0 Å². The Morgan fingerprint density at radius 3 is 2.82 bits per heavy atom. The molecule has 0 spiro atoms. The lowest BCUT2D eigenvalue weighted by Crippen LogP contribution is -3.15. The molecule has 5 heteroatoms. The van der Waals surface area contributed by atoms with Crippen LogP contribution in [0.25, 0.3) is 0 Å². The molecule has 1 unspecified atom stereocenters. The molecule has 3 atom stereocenters. The van der Waals surface area contributed by atoms with E-state index < -0.39 is 0 Å². The van der Waals surface area contributed by atoms with Crippen LogP contribution in [-0.4, -0.2) is 38.8 Å². The van der Waals surface area contributed by atoms with E-state index in [4.69, 9.17) is 9.47 Å². The van der Waals surface area contributed by atoms with Gasteiger partial charge in [0.2, 0.25) is 0 Å². The zero-order chi connectivity index (χ0) is 15.5. The minimum absolute atomic E-state index is 0.0338. The monoisotopic (exact) mass is 305 g/mol. The highest BCUT2D eigenvalue weighted by atomic mass is 16.5. The van der Waals surface area contributed by atoms with Crippen molar-refractivity contribution in [2.75, 3.05) is 26.8 Å². The van der Waals surface area contributed by atoms with Crippen LogP contribution in [0.1, 0.15) is 37.8 Å². The van der Waals surface area contributed by atoms with Crippen molar-refractivity contribution in [3.05, 3.63) is 23.8 Å². The number of ether oxygens (including phenoxy) is 2. The van der Waals surface area contributed by atoms with E-state index >= 15 is 0 Å². The average molecular weight is 305 g/mol. The van der Waals surface area contributed by atoms with Gasteiger partial charge in [0.1, 0.15) is 6.04 Å². The molecular formula is C17H25N2O3+. The van der Waals surface area contributed by atoms with Crippen LogP contribution in [0, 0.1) is 0 Å². The number of hydrogen-bond acceptors (Lipinski definition) is 3. The first-order valence-corrected chi connectivity index (χ1v) is 8.17. The van der Waals surface area contributed by atoms with Gasteiger partial charge in [0.15, 0.2) is 17.5 Å². The van der Waals surface area contributed by atoms with Gasteiger partial charge in [0.05, 0.1) is 19.8 Å². The maximum atomic E-state index is 12.0. The molecule has 2 aliphatic heterocycles. The molecule has 0 aliphatic carbocycles. The summed E-state index contributed by atoms with van der Waals surface area (Å²) in [4.78, 5) is 13.3. The van der Waals surface area contributed by atoms with Gasteiger partial charge in [-0.2, -0.15) is 0 Å². The SMILES string of the molecule is CNC(=O)[C@@H](C)[NH+]1CCC[C@@H]1c1ccc2c(c1)OCCCO2. The third-order valence-corrected chi connectivity index (χ3v) is 4.78. The second-order valence-electron chi connectivity index (χ2n) is 6.11. The van der Waals surface area contributed by atoms with Crippen molar-refractivity contribution >= 4 is 5.91 Å². The summed E-state index contributed by atoms with van der Waals surface area (Å²) < 4.78 is 11.5. The fraction of sp³-hybridized carbons (Fsp3) is 0.588. The van der Waals surface area contributed by atoms with Gasteiger partial charge in [0.25, 0.3) is 5.91 Å². The van der Waals surface area contributed by atoms with Crippen molar-refractivity contribution in [3.8, 4) is 11.5 Å². The highest BCUT2D eigenvalue weighted by molar-refractivity contribution is 5.79.